The molecule has 0 aromatic carbocycles. The van der Waals surface area contributed by atoms with E-state index >= 15 is 0 Å². The van der Waals surface area contributed by atoms with Gasteiger partial charge in [-0.05, 0) is 19.8 Å². The Morgan fingerprint density at radius 2 is 1.44 bits per heavy atom. The Morgan fingerprint density at radius 1 is 0.938 bits per heavy atom. The fraction of sp³-hybridized carbons (Fsp3) is 0.929. The average molecular weight is 223 g/mol. The number of likely N-dealkylation sites (tertiary alicyclic amines) is 1. The number of hydrogen-bond donors (Lipinski definition) is 0. The van der Waals surface area contributed by atoms with Gasteiger partial charge in [-0.3, -0.25) is 9.69 Å². The zero-order chi connectivity index (χ0) is 11.4. The highest BCUT2D eigenvalue weighted by Crippen LogP contribution is 2.32. The Kier molecular flexibility index (Phi) is 4.01. The number of rotatable bonds is 1. The molecule has 2 aliphatic rings. The molecule has 0 atom stereocenters. The number of Topliss-reactive ketones (excluding diaryl/α,β-unsaturated/α-hetero) is 1. The molecule has 1 aliphatic carbocycles. The van der Waals surface area contributed by atoms with Gasteiger partial charge in [0.05, 0.1) is 0 Å². The lowest BCUT2D eigenvalue weighted by molar-refractivity contribution is -0.123. The maximum Gasteiger partial charge on any atom is 0.135 e. The predicted molar refractivity (Wildman–Crippen MR) is 66.5 cm³/mol. The number of piperidine rings is 1. The van der Waals surface area contributed by atoms with Gasteiger partial charge in [0.1, 0.15) is 5.78 Å². The SMILES string of the molecule is CC1(N2CCC(=O)CC2)CCCCCCC1. The van der Waals surface area contributed by atoms with Gasteiger partial charge in [-0.1, -0.05) is 32.1 Å². The van der Waals surface area contributed by atoms with E-state index in [1.165, 1.54) is 44.9 Å². The van der Waals surface area contributed by atoms with Crippen molar-refractivity contribution in [3.63, 3.8) is 0 Å². The van der Waals surface area contributed by atoms with Crippen LogP contribution in [0, 0.1) is 0 Å². The van der Waals surface area contributed by atoms with Crippen LogP contribution in [0.3, 0.4) is 0 Å². The molecule has 0 aromatic heterocycles. The molecule has 0 aromatic rings. The molecule has 0 spiro atoms. The molecule has 0 unspecified atom stereocenters. The monoisotopic (exact) mass is 223 g/mol. The molecule has 1 saturated carbocycles. The molecule has 92 valence electrons. The summed E-state index contributed by atoms with van der Waals surface area (Å²) in [5.74, 6) is 0.464. The summed E-state index contributed by atoms with van der Waals surface area (Å²) in [5, 5.41) is 0. The number of carbonyl (C=O) groups excluding carboxylic acids is 1. The van der Waals surface area contributed by atoms with Crippen LogP contribution in [0.5, 0.6) is 0 Å². The van der Waals surface area contributed by atoms with E-state index in [1.807, 2.05) is 0 Å². The van der Waals surface area contributed by atoms with Gasteiger partial charge in [0.25, 0.3) is 0 Å². The topological polar surface area (TPSA) is 20.3 Å². The van der Waals surface area contributed by atoms with Crippen LogP contribution >= 0.6 is 0 Å². The van der Waals surface area contributed by atoms with Crippen molar-refractivity contribution in [3.8, 4) is 0 Å². The van der Waals surface area contributed by atoms with Gasteiger partial charge in [-0.15, -0.1) is 0 Å². The Labute approximate surface area is 99.4 Å². The Balaban J connectivity index is 1.95. The molecule has 2 heteroatoms. The largest absolute Gasteiger partial charge is 0.300 e. The first-order chi connectivity index (χ1) is 7.71. The molecular weight excluding hydrogens is 198 g/mol. The smallest absolute Gasteiger partial charge is 0.135 e. The van der Waals surface area contributed by atoms with Crippen LogP contribution in [0.4, 0.5) is 0 Å². The van der Waals surface area contributed by atoms with E-state index in [0.29, 0.717) is 11.3 Å². The minimum Gasteiger partial charge on any atom is -0.300 e. The second-order valence-electron chi connectivity index (χ2n) is 5.79. The van der Waals surface area contributed by atoms with Crippen LogP contribution in [0.25, 0.3) is 0 Å². The highest BCUT2D eigenvalue weighted by Gasteiger charge is 2.33. The zero-order valence-electron chi connectivity index (χ0n) is 10.6. The summed E-state index contributed by atoms with van der Waals surface area (Å²) in [7, 11) is 0. The Morgan fingerprint density at radius 3 is 2.00 bits per heavy atom. The molecule has 0 radical (unpaired) electrons. The van der Waals surface area contributed by atoms with Crippen LogP contribution in [0.1, 0.15) is 64.7 Å². The van der Waals surface area contributed by atoms with Gasteiger partial charge >= 0.3 is 0 Å². The summed E-state index contributed by atoms with van der Waals surface area (Å²) in [6, 6.07) is 0. The van der Waals surface area contributed by atoms with Gasteiger partial charge in [-0.25, -0.2) is 0 Å². The lowest BCUT2D eigenvalue weighted by Crippen LogP contribution is -2.50. The number of ketones is 1. The van der Waals surface area contributed by atoms with Crippen molar-refractivity contribution in [3.05, 3.63) is 0 Å². The molecule has 16 heavy (non-hydrogen) atoms. The van der Waals surface area contributed by atoms with Crippen molar-refractivity contribution in [2.24, 2.45) is 0 Å². The maximum absolute atomic E-state index is 11.3. The first kappa shape index (κ1) is 12.1. The quantitative estimate of drug-likeness (QED) is 0.680. The van der Waals surface area contributed by atoms with Crippen molar-refractivity contribution in [1.29, 1.82) is 0 Å². The molecule has 2 rings (SSSR count). The molecule has 1 heterocycles. The van der Waals surface area contributed by atoms with E-state index in [4.69, 9.17) is 0 Å². The third kappa shape index (κ3) is 2.85. The third-order valence-electron chi connectivity index (χ3n) is 4.52. The summed E-state index contributed by atoms with van der Waals surface area (Å²) in [6.45, 7) is 4.44. The molecule has 1 saturated heterocycles. The standard InChI is InChI=1S/C14H25NO/c1-14(9-5-3-2-4-6-10-14)15-11-7-13(16)8-12-15/h2-12H2,1H3. The number of nitrogens with zero attached hydrogens (tertiary/aromatic N) is 1. The van der Waals surface area contributed by atoms with Crippen molar-refractivity contribution in [2.75, 3.05) is 13.1 Å². The summed E-state index contributed by atoms with van der Waals surface area (Å²) in [6.07, 6.45) is 11.2. The van der Waals surface area contributed by atoms with Gasteiger partial charge in [-0.2, -0.15) is 0 Å². The van der Waals surface area contributed by atoms with E-state index < -0.39 is 0 Å². The molecule has 0 amide bonds. The van der Waals surface area contributed by atoms with E-state index in [9.17, 15) is 4.79 Å². The fourth-order valence-electron chi connectivity index (χ4n) is 3.28. The minimum absolute atomic E-state index is 0.390. The van der Waals surface area contributed by atoms with Crippen molar-refractivity contribution in [2.45, 2.75) is 70.3 Å². The third-order valence-corrected chi connectivity index (χ3v) is 4.52. The molecule has 2 fully saturated rings. The lowest BCUT2D eigenvalue weighted by Gasteiger charge is -2.44. The lowest BCUT2D eigenvalue weighted by atomic mass is 9.83. The molecule has 1 aliphatic heterocycles. The van der Waals surface area contributed by atoms with Crippen LogP contribution in [0.15, 0.2) is 0 Å². The summed E-state index contributed by atoms with van der Waals surface area (Å²) in [5.41, 5.74) is 0.390. The predicted octanol–water partition coefficient (Wildman–Crippen LogP) is 3.15. The normalized spacial score (nSPS) is 28.4. The minimum atomic E-state index is 0.390. The van der Waals surface area contributed by atoms with E-state index in [-0.39, 0.29) is 0 Å². The Bertz CT molecular complexity index is 231. The molecule has 0 bridgehead atoms. The van der Waals surface area contributed by atoms with Gasteiger partial charge in [0.2, 0.25) is 0 Å². The number of hydrogen-bond acceptors (Lipinski definition) is 2. The van der Waals surface area contributed by atoms with Gasteiger partial charge < -0.3 is 0 Å². The summed E-state index contributed by atoms with van der Waals surface area (Å²) >= 11 is 0. The average Bonchev–Trinajstić information content (AvgIpc) is 2.25. The molecule has 0 N–H and O–H groups in total. The highest BCUT2D eigenvalue weighted by atomic mass is 16.1. The van der Waals surface area contributed by atoms with E-state index in [1.54, 1.807) is 0 Å². The van der Waals surface area contributed by atoms with E-state index in [2.05, 4.69) is 11.8 Å². The van der Waals surface area contributed by atoms with Gasteiger partial charge in [0.15, 0.2) is 0 Å². The van der Waals surface area contributed by atoms with Crippen LogP contribution in [-0.4, -0.2) is 29.3 Å². The second kappa shape index (κ2) is 5.31. The van der Waals surface area contributed by atoms with Crippen molar-refractivity contribution in [1.82, 2.24) is 4.90 Å². The number of carbonyl (C=O) groups is 1. The highest BCUT2D eigenvalue weighted by molar-refractivity contribution is 5.79. The van der Waals surface area contributed by atoms with E-state index in [0.717, 1.165) is 25.9 Å². The fourth-order valence-corrected chi connectivity index (χ4v) is 3.28. The zero-order valence-corrected chi connectivity index (χ0v) is 10.6. The first-order valence-corrected chi connectivity index (χ1v) is 6.97. The Hall–Kier alpha value is -0.370. The van der Waals surface area contributed by atoms with Crippen LogP contribution in [-0.2, 0) is 4.79 Å². The van der Waals surface area contributed by atoms with Crippen LogP contribution in [0.2, 0.25) is 0 Å². The second-order valence-corrected chi connectivity index (χ2v) is 5.79. The van der Waals surface area contributed by atoms with Crippen LogP contribution < -0.4 is 0 Å². The first-order valence-electron chi connectivity index (χ1n) is 6.97. The summed E-state index contributed by atoms with van der Waals surface area (Å²) in [4.78, 5) is 13.9. The molecule has 2 nitrogen and oxygen atoms in total. The van der Waals surface area contributed by atoms with Gasteiger partial charge in [0, 0.05) is 31.5 Å². The van der Waals surface area contributed by atoms with Crippen molar-refractivity contribution >= 4 is 5.78 Å². The van der Waals surface area contributed by atoms with Crippen molar-refractivity contribution < 1.29 is 4.79 Å². The summed E-state index contributed by atoms with van der Waals surface area (Å²) < 4.78 is 0. The molecular formula is C14H25NO. The maximum atomic E-state index is 11.3.